The second kappa shape index (κ2) is 2.58. The fourth-order valence-electron chi connectivity index (χ4n) is 3.18. The summed E-state index contributed by atoms with van der Waals surface area (Å²) in [5.74, 6) is 1.90. The van der Waals surface area contributed by atoms with Crippen molar-refractivity contribution in [1.82, 2.24) is 0 Å². The first-order valence-corrected chi connectivity index (χ1v) is 5.19. The third-order valence-electron chi connectivity index (χ3n) is 4.38. The first-order chi connectivity index (χ1) is 5.65. The van der Waals surface area contributed by atoms with Crippen LogP contribution in [0.3, 0.4) is 0 Å². The molecule has 0 saturated heterocycles. The number of hydrogen-bond acceptors (Lipinski definition) is 1. The van der Waals surface area contributed by atoms with Crippen LogP contribution in [-0.2, 0) is 4.79 Å². The van der Waals surface area contributed by atoms with E-state index in [0.29, 0.717) is 17.6 Å². The summed E-state index contributed by atoms with van der Waals surface area (Å²) in [5.41, 5.74) is 0.0677. The lowest BCUT2D eigenvalue weighted by atomic mass is 9.65. The van der Waals surface area contributed by atoms with Gasteiger partial charge >= 0.3 is 0 Å². The molecule has 0 aromatic carbocycles. The number of carbonyl (C=O) groups excluding carboxylic acids is 1. The predicted octanol–water partition coefficient (Wildman–Crippen LogP) is 2.79. The van der Waals surface area contributed by atoms with E-state index in [2.05, 4.69) is 13.8 Å². The van der Waals surface area contributed by atoms with Gasteiger partial charge in [0.2, 0.25) is 0 Å². The molecule has 0 aromatic rings. The summed E-state index contributed by atoms with van der Waals surface area (Å²) >= 11 is 0. The van der Waals surface area contributed by atoms with Gasteiger partial charge in [-0.3, -0.25) is 4.79 Å². The number of hydrogen-bond donors (Lipinski definition) is 0. The lowest BCUT2D eigenvalue weighted by Crippen LogP contribution is -2.39. The number of Topliss-reactive ketones (excluding diaryl/α,β-unsaturated/α-hetero) is 1. The highest BCUT2D eigenvalue weighted by Crippen LogP contribution is 2.53. The Bertz CT molecular complexity index is 207. The second-order valence-corrected chi connectivity index (χ2v) is 4.77. The predicted molar refractivity (Wildman–Crippen MR) is 48.9 cm³/mol. The Morgan fingerprint density at radius 1 is 1.33 bits per heavy atom. The van der Waals surface area contributed by atoms with Crippen molar-refractivity contribution in [1.29, 1.82) is 0 Å². The summed E-state index contributed by atoms with van der Waals surface area (Å²) in [5, 5.41) is 0. The molecule has 0 heterocycles. The van der Waals surface area contributed by atoms with Crippen LogP contribution >= 0.6 is 0 Å². The molecule has 12 heavy (non-hydrogen) atoms. The summed E-state index contributed by atoms with van der Waals surface area (Å²) in [6, 6.07) is 0. The quantitative estimate of drug-likeness (QED) is 0.541. The number of rotatable bonds is 0. The third kappa shape index (κ3) is 0.884. The van der Waals surface area contributed by atoms with Crippen LogP contribution in [0.25, 0.3) is 0 Å². The zero-order chi connectivity index (χ0) is 8.77. The molecule has 2 fully saturated rings. The molecule has 0 bridgehead atoms. The summed E-state index contributed by atoms with van der Waals surface area (Å²) in [4.78, 5) is 11.8. The normalized spacial score (nSPS) is 47.7. The molecule has 0 unspecified atom stereocenters. The lowest BCUT2D eigenvalue weighted by Gasteiger charge is -2.37. The van der Waals surface area contributed by atoms with Crippen molar-refractivity contribution < 1.29 is 4.79 Å². The third-order valence-corrected chi connectivity index (χ3v) is 4.38. The molecule has 1 heteroatoms. The van der Waals surface area contributed by atoms with Gasteiger partial charge in [0.25, 0.3) is 0 Å². The van der Waals surface area contributed by atoms with E-state index in [4.69, 9.17) is 0 Å². The van der Waals surface area contributed by atoms with Crippen molar-refractivity contribution >= 4 is 5.78 Å². The van der Waals surface area contributed by atoms with Gasteiger partial charge in [0, 0.05) is 11.8 Å². The van der Waals surface area contributed by atoms with Crippen LogP contribution in [0.15, 0.2) is 0 Å². The first kappa shape index (κ1) is 8.28. The molecule has 3 atom stereocenters. The van der Waals surface area contributed by atoms with Gasteiger partial charge in [-0.1, -0.05) is 13.8 Å². The largest absolute Gasteiger partial charge is 0.299 e. The monoisotopic (exact) mass is 166 g/mol. The van der Waals surface area contributed by atoms with E-state index in [-0.39, 0.29) is 5.41 Å². The Morgan fingerprint density at radius 2 is 2.08 bits per heavy atom. The molecule has 0 radical (unpaired) electrons. The van der Waals surface area contributed by atoms with E-state index in [0.717, 1.165) is 12.8 Å². The van der Waals surface area contributed by atoms with E-state index in [1.54, 1.807) is 0 Å². The van der Waals surface area contributed by atoms with E-state index in [1.807, 2.05) is 0 Å². The smallest absolute Gasteiger partial charge is 0.139 e. The highest BCUT2D eigenvalue weighted by Gasteiger charge is 2.50. The first-order valence-electron chi connectivity index (χ1n) is 5.19. The van der Waals surface area contributed by atoms with Crippen molar-refractivity contribution in [2.45, 2.75) is 46.0 Å². The summed E-state index contributed by atoms with van der Waals surface area (Å²) in [6.45, 7) is 4.46. The van der Waals surface area contributed by atoms with Crippen LogP contribution in [0.1, 0.15) is 46.0 Å². The van der Waals surface area contributed by atoms with Crippen molar-refractivity contribution in [2.24, 2.45) is 17.3 Å². The molecule has 2 rings (SSSR count). The summed E-state index contributed by atoms with van der Waals surface area (Å²) in [7, 11) is 0. The topological polar surface area (TPSA) is 17.1 Å². The van der Waals surface area contributed by atoms with Crippen LogP contribution in [0, 0.1) is 17.3 Å². The minimum atomic E-state index is 0.0677. The van der Waals surface area contributed by atoms with Crippen molar-refractivity contribution in [2.75, 3.05) is 0 Å². The van der Waals surface area contributed by atoms with E-state index < -0.39 is 0 Å². The van der Waals surface area contributed by atoms with Crippen LogP contribution in [0.2, 0.25) is 0 Å². The van der Waals surface area contributed by atoms with Gasteiger partial charge < -0.3 is 0 Å². The minimum Gasteiger partial charge on any atom is -0.299 e. The summed E-state index contributed by atoms with van der Waals surface area (Å²) in [6.07, 6.45) is 5.85. The van der Waals surface area contributed by atoms with E-state index >= 15 is 0 Å². The number of ketones is 1. The van der Waals surface area contributed by atoms with Crippen LogP contribution in [0.5, 0.6) is 0 Å². The number of carbonyl (C=O) groups is 1. The Hall–Kier alpha value is -0.330. The number of fused-ring (bicyclic) bond motifs is 1. The molecular weight excluding hydrogens is 148 g/mol. The fraction of sp³-hybridized carbons (Fsp3) is 0.909. The van der Waals surface area contributed by atoms with Gasteiger partial charge in [-0.15, -0.1) is 0 Å². The molecule has 0 aromatic heterocycles. The molecule has 2 saturated carbocycles. The Morgan fingerprint density at radius 3 is 2.75 bits per heavy atom. The van der Waals surface area contributed by atoms with Gasteiger partial charge in [0.1, 0.15) is 5.78 Å². The van der Waals surface area contributed by atoms with Crippen molar-refractivity contribution in [3.63, 3.8) is 0 Å². The fourth-order valence-corrected chi connectivity index (χ4v) is 3.18. The molecule has 2 aliphatic carbocycles. The van der Waals surface area contributed by atoms with Crippen LogP contribution < -0.4 is 0 Å². The molecule has 0 N–H and O–H groups in total. The molecule has 0 aliphatic heterocycles. The molecule has 2 aliphatic rings. The van der Waals surface area contributed by atoms with Crippen LogP contribution in [0.4, 0.5) is 0 Å². The standard InChI is InChI=1S/C11H18O/c1-8-6-7-9-4-3-5-10(12)11(8,9)2/h8-9H,3-7H2,1-2H3/t8-,9+,11-/m1/s1. The van der Waals surface area contributed by atoms with Crippen molar-refractivity contribution in [3.8, 4) is 0 Å². The van der Waals surface area contributed by atoms with E-state index in [9.17, 15) is 4.79 Å². The maximum absolute atomic E-state index is 11.8. The molecular formula is C11H18O. The van der Waals surface area contributed by atoms with Gasteiger partial charge in [-0.05, 0) is 37.5 Å². The molecule has 68 valence electrons. The van der Waals surface area contributed by atoms with Gasteiger partial charge in [0.05, 0.1) is 0 Å². The Labute approximate surface area is 74.5 Å². The second-order valence-electron chi connectivity index (χ2n) is 4.77. The average molecular weight is 166 g/mol. The Kier molecular flexibility index (Phi) is 1.78. The van der Waals surface area contributed by atoms with Gasteiger partial charge in [0.15, 0.2) is 0 Å². The highest BCUT2D eigenvalue weighted by atomic mass is 16.1. The van der Waals surface area contributed by atoms with Crippen LogP contribution in [-0.4, -0.2) is 5.78 Å². The van der Waals surface area contributed by atoms with Gasteiger partial charge in [-0.2, -0.15) is 0 Å². The summed E-state index contributed by atoms with van der Waals surface area (Å²) < 4.78 is 0. The molecule has 0 spiro atoms. The Balaban J connectivity index is 2.30. The SMILES string of the molecule is C[C@@H]1CC[C@@H]2CCCC(=O)[C@@]21C. The maximum Gasteiger partial charge on any atom is 0.139 e. The average Bonchev–Trinajstić information content (AvgIpc) is 2.33. The van der Waals surface area contributed by atoms with Gasteiger partial charge in [-0.25, -0.2) is 0 Å². The zero-order valence-electron chi connectivity index (χ0n) is 8.10. The highest BCUT2D eigenvalue weighted by molar-refractivity contribution is 5.86. The molecule has 0 amide bonds. The minimum absolute atomic E-state index is 0.0677. The van der Waals surface area contributed by atoms with E-state index in [1.165, 1.54) is 19.3 Å². The van der Waals surface area contributed by atoms with Crippen molar-refractivity contribution in [3.05, 3.63) is 0 Å². The maximum atomic E-state index is 11.8. The zero-order valence-corrected chi connectivity index (χ0v) is 8.10. The lowest BCUT2D eigenvalue weighted by molar-refractivity contribution is -0.134. The molecule has 1 nitrogen and oxygen atoms in total.